The molecule has 0 atom stereocenters. The molecule has 0 aliphatic rings. The van der Waals surface area contributed by atoms with Gasteiger partial charge in [0.15, 0.2) is 28.9 Å². The lowest BCUT2D eigenvalue weighted by Gasteiger charge is -2.10. The molecule has 0 unspecified atom stereocenters. The number of alkyl halides is 3. The Hall–Kier alpha value is -11.5. The maximum Gasteiger partial charge on any atom is 0.417 e. The minimum atomic E-state index is -4.51. The molecule has 22 nitrogen and oxygen atoms in total. The van der Waals surface area contributed by atoms with Crippen molar-refractivity contribution in [2.75, 3.05) is 14.2 Å². The normalized spacial score (nSPS) is 10.9. The van der Waals surface area contributed by atoms with Crippen LogP contribution in [0.25, 0.3) is 56.3 Å². The lowest BCUT2D eigenvalue weighted by atomic mass is 10.0. The fourth-order valence-electron chi connectivity index (χ4n) is 12.0. The smallest absolute Gasteiger partial charge is 0.417 e. The largest absolute Gasteiger partial charge is 0.497 e. The van der Waals surface area contributed by atoms with E-state index in [1.165, 1.54) is 96.7 Å². The van der Waals surface area contributed by atoms with Gasteiger partial charge in [-0.2, -0.15) is 13.2 Å². The number of nitrogens with zero attached hydrogens (tertiary/aromatic N) is 10. The van der Waals surface area contributed by atoms with Gasteiger partial charge in [0.1, 0.15) is 94.5 Å². The number of halogens is 13. The van der Waals surface area contributed by atoms with Crippen molar-refractivity contribution in [1.82, 2.24) is 50.7 Å². The van der Waals surface area contributed by atoms with E-state index in [-0.39, 0.29) is 121 Å². The molecule has 646 valence electrons. The summed E-state index contributed by atoms with van der Waals surface area (Å²) < 4.78 is 76.3. The highest BCUT2D eigenvalue weighted by Crippen LogP contribution is 2.38. The molecule has 0 N–H and O–H groups in total. The van der Waals surface area contributed by atoms with E-state index in [1.54, 1.807) is 26.4 Å². The van der Waals surface area contributed by atoms with Crippen molar-refractivity contribution in [3.63, 3.8) is 0 Å². The summed E-state index contributed by atoms with van der Waals surface area (Å²) in [4.78, 5) is 80.7. The zero-order valence-corrected chi connectivity index (χ0v) is 74.3. The quantitative estimate of drug-likeness (QED) is 0.0325. The second kappa shape index (κ2) is 45.6. The number of Topliss-reactive ketones (excluding diaryl/α,β-unsaturated/α-hetero) is 5. The van der Waals surface area contributed by atoms with E-state index in [1.807, 2.05) is 104 Å². The summed E-state index contributed by atoms with van der Waals surface area (Å²) in [6.45, 7) is 4.14. The fourth-order valence-corrected chi connectivity index (χ4v) is 13.8. The highest BCUT2D eigenvalue weighted by molar-refractivity contribution is 6.37. The van der Waals surface area contributed by atoms with Gasteiger partial charge in [-0.1, -0.05) is 245 Å². The van der Waals surface area contributed by atoms with Gasteiger partial charge in [0.05, 0.1) is 72.7 Å². The van der Waals surface area contributed by atoms with E-state index in [2.05, 4.69) is 69.8 Å². The summed E-state index contributed by atoms with van der Waals surface area (Å²) in [5.74, 6) is 3.32. The van der Waals surface area contributed by atoms with Crippen LogP contribution < -0.4 is 9.47 Å². The molecule has 0 saturated heterocycles. The van der Waals surface area contributed by atoms with Gasteiger partial charge in [-0.05, 0) is 79.6 Å². The number of hydrogen-bond donors (Lipinski definition) is 0. The monoisotopic (exact) mass is 1900 g/mol. The minimum Gasteiger partial charge on any atom is -0.497 e. The molecule has 0 saturated carbocycles. The minimum absolute atomic E-state index is 0.0112. The third-order valence-corrected chi connectivity index (χ3v) is 21.1. The highest BCUT2D eigenvalue weighted by atomic mass is 35.5. The number of ketones is 5. The van der Waals surface area contributed by atoms with E-state index < -0.39 is 11.7 Å². The molecule has 5 aromatic carbocycles. The van der Waals surface area contributed by atoms with Crippen molar-refractivity contribution >= 4 is 145 Å². The molecule has 10 aromatic heterocycles. The van der Waals surface area contributed by atoms with Crippen molar-refractivity contribution in [2.45, 2.75) is 90.7 Å². The van der Waals surface area contributed by atoms with E-state index >= 15 is 0 Å². The number of pyridine rings is 5. The highest BCUT2D eigenvalue weighted by Gasteiger charge is 2.34. The van der Waals surface area contributed by atoms with E-state index in [0.717, 1.165) is 51.9 Å². The Balaban J connectivity index is 0.000000153. The molecule has 10 heterocycles. The number of benzene rings is 5. The van der Waals surface area contributed by atoms with Gasteiger partial charge in [-0.3, -0.25) is 24.0 Å². The average molecular weight is 1910 g/mol. The summed E-state index contributed by atoms with van der Waals surface area (Å²) in [6, 6.07) is 52.4. The molecule has 0 amide bonds. The Bertz CT molecular complexity index is 6320. The van der Waals surface area contributed by atoms with E-state index in [4.69, 9.17) is 148 Å². The van der Waals surface area contributed by atoms with Crippen LogP contribution in [0.3, 0.4) is 0 Å². The summed E-state index contributed by atoms with van der Waals surface area (Å²) in [5.41, 5.74) is 9.54. The molecule has 15 rings (SSSR count). The second-order valence-electron chi connectivity index (χ2n) is 27.4. The molecule has 0 spiro atoms. The Morgan fingerprint density at radius 1 is 0.341 bits per heavy atom. The third-order valence-electron chi connectivity index (χ3n) is 18.6. The first kappa shape index (κ1) is 95.2. The second-order valence-corrected chi connectivity index (χ2v) is 31.3. The van der Waals surface area contributed by atoms with Gasteiger partial charge < -0.3 is 32.1 Å². The topological polar surface area (TPSA) is 298 Å². The van der Waals surface area contributed by atoms with Crippen LogP contribution in [0, 0.1) is 6.92 Å². The molecule has 0 fully saturated rings. The molecule has 35 heteroatoms. The number of rotatable bonds is 28. The number of ether oxygens (including phenoxy) is 2. The first-order chi connectivity index (χ1) is 60.5. The number of carbonyl (C=O) groups excluding carboxylic acids is 5. The number of para-hydroxylation sites is 1. The maximum absolute atomic E-state index is 13.1. The Morgan fingerprint density at radius 2 is 0.651 bits per heavy atom. The van der Waals surface area contributed by atoms with Crippen LogP contribution in [0.4, 0.5) is 13.2 Å². The Labute approximate surface area is 768 Å². The van der Waals surface area contributed by atoms with Gasteiger partial charge in [-0.25, -0.2) is 24.9 Å². The first-order valence-electron chi connectivity index (χ1n) is 38.1. The average Bonchev–Trinajstić information content (AvgIpc) is 1.20. The SMILES string of the molecule is CCc1ccc(-c2cc(CCC(=O)c3cc(Cl)cnc3Cl)on2)cc1.COc1cccc(-c2cc(CCC(=O)c3cc(Cl)cnc3Cl)on2)c1.COc1ccccc1-c1cc(CCC(=O)c2cc(Cl)cnc2Cl)on1.Cc1ccc(-c2cc(CCC(=O)c3cc(Cl)cnc3Cl)on2)cc1.O=C(CCc1cc(-c2ccccc2C(F)(F)F)no1)c1cc(Cl)cnc1Cl. The van der Waals surface area contributed by atoms with Crippen molar-refractivity contribution in [3.05, 3.63) is 337 Å². The van der Waals surface area contributed by atoms with Crippen LogP contribution in [0.1, 0.15) is 136 Å². The van der Waals surface area contributed by atoms with E-state index in [9.17, 15) is 37.1 Å². The van der Waals surface area contributed by atoms with Crippen LogP contribution in [0.5, 0.6) is 11.5 Å². The Kier molecular flexibility index (Phi) is 34.5. The lowest BCUT2D eigenvalue weighted by Crippen LogP contribution is -2.06. The van der Waals surface area contributed by atoms with Crippen LogP contribution in [0.2, 0.25) is 50.9 Å². The number of carbonyl (C=O) groups is 5. The molecule has 0 bridgehead atoms. The van der Waals surface area contributed by atoms with Crippen LogP contribution in [-0.4, -0.2) is 93.8 Å². The van der Waals surface area contributed by atoms with Crippen LogP contribution in [0.15, 0.2) is 236 Å². The van der Waals surface area contributed by atoms with Gasteiger partial charge in [0.2, 0.25) is 0 Å². The van der Waals surface area contributed by atoms with Gasteiger partial charge >= 0.3 is 6.18 Å². The summed E-state index contributed by atoms with van der Waals surface area (Å²) in [6.07, 6.45) is 6.14. The van der Waals surface area contributed by atoms with Crippen molar-refractivity contribution < 1.29 is 69.2 Å². The number of aromatic nitrogens is 10. The molecule has 126 heavy (non-hydrogen) atoms. The molecule has 15 aromatic rings. The molecular weight excluding hydrogens is 1840 g/mol. The first-order valence-corrected chi connectivity index (χ1v) is 41.9. The predicted octanol–water partition coefficient (Wildman–Crippen LogP) is 26.2. The van der Waals surface area contributed by atoms with Crippen molar-refractivity contribution in [2.24, 2.45) is 0 Å². The number of aryl methyl sites for hydroxylation is 7. The number of methoxy groups -OCH3 is 2. The van der Waals surface area contributed by atoms with E-state index in [0.29, 0.717) is 108 Å². The molecular formula is C91H69Cl10F3N10O12. The molecule has 0 aliphatic heterocycles. The third kappa shape index (κ3) is 27.0. The Morgan fingerprint density at radius 3 is 0.992 bits per heavy atom. The van der Waals surface area contributed by atoms with Crippen molar-refractivity contribution in [3.8, 4) is 67.8 Å². The fraction of sp³-hybridized carbons (Fsp3) is 0.176. The standard InChI is InChI=1S/C19H16Cl2N2O2.C18H11Cl2F3N2O2.2C18H14Cl2N2O3.C18H14Cl2N2O2/c1-2-12-3-5-13(6-4-12)17-10-15(25-23-17)7-8-18(24)16-9-14(20)11-22-19(16)21;19-10-7-13(17(20)24-9-10)16(26)6-5-11-8-15(25-27-11)12-3-1-2-4-14(12)18(21,22)23;1-24-13-4-2-3-11(7-13)16-9-14(25-22-16)5-6-17(23)15-8-12(19)10-21-18(15)20;1-24-17-5-3-2-4-13(17)15-9-12(25-22-15)6-7-16(23)14-8-11(19)10-21-18(14)20;1-11-2-4-12(5-3-11)16-9-14(24-22-16)6-7-17(23)15-8-13(19)10-21-18(15)20/h3-6,9-11H,2,7-8H2,1H3;1-4,7-9H,5-6H2;2-4,7-10H,5-6H2,1H3;2-5,8-10H,6-7H2,1H3;2-5,8-10H,6-7H2,1H3. The van der Waals surface area contributed by atoms with Crippen molar-refractivity contribution in [1.29, 1.82) is 0 Å². The summed E-state index contributed by atoms with van der Waals surface area (Å²) >= 11 is 58.9. The van der Waals surface area contributed by atoms with Gasteiger partial charge in [0.25, 0.3) is 0 Å². The number of hydrogen-bond acceptors (Lipinski definition) is 22. The van der Waals surface area contributed by atoms with Gasteiger partial charge in [-0.15, -0.1) is 0 Å². The van der Waals surface area contributed by atoms with Crippen LogP contribution in [-0.2, 0) is 44.7 Å². The predicted molar refractivity (Wildman–Crippen MR) is 476 cm³/mol. The molecule has 0 aliphatic carbocycles. The van der Waals surface area contributed by atoms with Gasteiger partial charge in [0, 0.05) is 153 Å². The van der Waals surface area contributed by atoms with Crippen LogP contribution >= 0.6 is 116 Å². The summed E-state index contributed by atoms with van der Waals surface area (Å²) in [5, 5.41) is 22.3. The summed E-state index contributed by atoms with van der Waals surface area (Å²) in [7, 11) is 3.20. The zero-order chi connectivity index (χ0) is 90.1. The maximum atomic E-state index is 13.1. The lowest BCUT2D eigenvalue weighted by molar-refractivity contribution is -0.137. The zero-order valence-electron chi connectivity index (χ0n) is 66.8. The molecule has 0 radical (unpaired) electrons.